The molecule has 0 aromatic heterocycles. The third kappa shape index (κ3) is 3.83. The van der Waals surface area contributed by atoms with Crippen molar-refractivity contribution < 1.29 is 14.6 Å². The van der Waals surface area contributed by atoms with Gasteiger partial charge in [0.1, 0.15) is 5.60 Å². The molecule has 0 aromatic rings. The van der Waals surface area contributed by atoms with E-state index < -0.39 is 5.60 Å². The Hall–Kier alpha value is -0.810. The highest BCUT2D eigenvalue weighted by molar-refractivity contribution is 5.68. The molecule has 0 aliphatic carbocycles. The van der Waals surface area contributed by atoms with Crippen molar-refractivity contribution in [3.63, 3.8) is 0 Å². The lowest BCUT2D eigenvalue weighted by molar-refractivity contribution is 0.0253. The normalized spacial score (nSPS) is 32.4. The summed E-state index contributed by atoms with van der Waals surface area (Å²) in [5, 5.41) is 13.1. The number of ether oxygens (including phenoxy) is 1. The summed E-state index contributed by atoms with van der Waals surface area (Å²) >= 11 is 0. The number of nitrogens with one attached hydrogen (secondary N) is 1. The Morgan fingerprint density at radius 1 is 1.37 bits per heavy atom. The van der Waals surface area contributed by atoms with Crippen molar-refractivity contribution in [3.8, 4) is 0 Å². The molecule has 0 saturated carbocycles. The van der Waals surface area contributed by atoms with Crippen molar-refractivity contribution in [1.29, 1.82) is 0 Å². The topological polar surface area (TPSA) is 61.8 Å². The van der Waals surface area contributed by atoms with Crippen molar-refractivity contribution in [2.75, 3.05) is 19.6 Å². The molecule has 2 heterocycles. The number of aliphatic hydroxyl groups excluding tert-OH is 1. The molecule has 2 saturated heterocycles. The molecule has 5 nitrogen and oxygen atoms in total. The van der Waals surface area contributed by atoms with Gasteiger partial charge < -0.3 is 20.1 Å². The maximum absolute atomic E-state index is 12.1. The quantitative estimate of drug-likeness (QED) is 0.700. The van der Waals surface area contributed by atoms with Gasteiger partial charge in [0.15, 0.2) is 0 Å². The molecule has 2 fully saturated rings. The number of rotatable bonds is 0. The van der Waals surface area contributed by atoms with E-state index in [1.165, 1.54) is 0 Å². The summed E-state index contributed by atoms with van der Waals surface area (Å²) in [6.07, 6.45) is 3.21. The van der Waals surface area contributed by atoms with Crippen LogP contribution in [0.4, 0.5) is 4.79 Å². The SMILES string of the molecule is CC(C)(C)OC(=O)N1CCCC2(CC1)CC(O)CN2. The summed E-state index contributed by atoms with van der Waals surface area (Å²) in [6, 6.07) is 0. The number of hydrogen-bond donors (Lipinski definition) is 2. The van der Waals surface area contributed by atoms with E-state index in [0.29, 0.717) is 13.1 Å². The summed E-state index contributed by atoms with van der Waals surface area (Å²) in [4.78, 5) is 13.9. The van der Waals surface area contributed by atoms with Gasteiger partial charge >= 0.3 is 6.09 Å². The second-order valence-electron chi connectivity index (χ2n) is 6.84. The fourth-order valence-corrected chi connectivity index (χ4v) is 3.01. The predicted molar refractivity (Wildman–Crippen MR) is 73.0 cm³/mol. The zero-order valence-electron chi connectivity index (χ0n) is 12.2. The number of carbonyl (C=O) groups is 1. The molecule has 1 spiro atoms. The van der Waals surface area contributed by atoms with Crippen LogP contribution < -0.4 is 5.32 Å². The van der Waals surface area contributed by atoms with E-state index in [1.54, 1.807) is 4.90 Å². The highest BCUT2D eigenvalue weighted by Crippen LogP contribution is 2.31. The Balaban J connectivity index is 1.92. The molecule has 0 radical (unpaired) electrons. The minimum absolute atomic E-state index is 0.0240. The standard InChI is InChI=1S/C14H26N2O3/c1-13(2,3)19-12(18)16-7-4-5-14(6-8-16)9-11(17)10-15-14/h11,15,17H,4-10H2,1-3H3. The zero-order valence-corrected chi connectivity index (χ0v) is 12.2. The van der Waals surface area contributed by atoms with E-state index in [4.69, 9.17) is 4.74 Å². The van der Waals surface area contributed by atoms with E-state index in [-0.39, 0.29) is 17.7 Å². The first-order valence-electron chi connectivity index (χ1n) is 7.21. The van der Waals surface area contributed by atoms with Crippen LogP contribution in [0.15, 0.2) is 0 Å². The van der Waals surface area contributed by atoms with E-state index in [1.807, 2.05) is 20.8 Å². The van der Waals surface area contributed by atoms with Gasteiger partial charge in [-0.15, -0.1) is 0 Å². The number of nitrogens with zero attached hydrogens (tertiary/aromatic N) is 1. The lowest BCUT2D eigenvalue weighted by Gasteiger charge is -2.29. The second kappa shape index (κ2) is 5.29. The molecule has 5 heteroatoms. The van der Waals surface area contributed by atoms with Gasteiger partial charge in [0.25, 0.3) is 0 Å². The molecule has 110 valence electrons. The summed E-state index contributed by atoms with van der Waals surface area (Å²) in [6.45, 7) is 7.78. The van der Waals surface area contributed by atoms with Gasteiger partial charge in [0.05, 0.1) is 6.10 Å². The first-order valence-corrected chi connectivity index (χ1v) is 7.21. The lowest BCUT2D eigenvalue weighted by atomic mass is 9.88. The molecule has 0 bridgehead atoms. The van der Waals surface area contributed by atoms with Crippen molar-refractivity contribution in [2.24, 2.45) is 0 Å². The van der Waals surface area contributed by atoms with Gasteiger partial charge in [0, 0.05) is 25.2 Å². The minimum Gasteiger partial charge on any atom is -0.444 e. The van der Waals surface area contributed by atoms with Crippen LogP contribution in [-0.2, 0) is 4.74 Å². The molecule has 2 rings (SSSR count). The Bertz CT molecular complexity index is 340. The van der Waals surface area contributed by atoms with Gasteiger partial charge in [-0.1, -0.05) is 0 Å². The number of likely N-dealkylation sites (tertiary alicyclic amines) is 1. The largest absolute Gasteiger partial charge is 0.444 e. The molecule has 19 heavy (non-hydrogen) atoms. The summed E-state index contributed by atoms with van der Waals surface area (Å²) in [7, 11) is 0. The number of carbonyl (C=O) groups excluding carboxylic acids is 1. The van der Waals surface area contributed by atoms with Crippen LogP contribution in [-0.4, -0.2) is 53.0 Å². The Labute approximate surface area is 115 Å². The number of aliphatic hydroxyl groups is 1. The van der Waals surface area contributed by atoms with Crippen LogP contribution in [0.1, 0.15) is 46.5 Å². The Kier molecular flexibility index (Phi) is 4.06. The summed E-state index contributed by atoms with van der Waals surface area (Å²) in [5.41, 5.74) is -0.418. The smallest absolute Gasteiger partial charge is 0.410 e. The van der Waals surface area contributed by atoms with Crippen LogP contribution in [0.5, 0.6) is 0 Å². The van der Waals surface area contributed by atoms with E-state index in [9.17, 15) is 9.90 Å². The number of hydrogen-bond acceptors (Lipinski definition) is 4. The molecule has 2 N–H and O–H groups in total. The molecule has 2 aliphatic heterocycles. The number of β-amino-alcohol motifs (C(OH)–C–C–N with tert-alkyl or cyclic N) is 1. The van der Waals surface area contributed by atoms with Crippen LogP contribution in [0.3, 0.4) is 0 Å². The van der Waals surface area contributed by atoms with Crippen LogP contribution in [0.25, 0.3) is 0 Å². The van der Waals surface area contributed by atoms with Crippen LogP contribution >= 0.6 is 0 Å². The predicted octanol–water partition coefficient (Wildman–Crippen LogP) is 1.50. The van der Waals surface area contributed by atoms with Gasteiger partial charge in [-0.2, -0.15) is 0 Å². The van der Waals surface area contributed by atoms with E-state index >= 15 is 0 Å². The number of amides is 1. The van der Waals surface area contributed by atoms with Gasteiger partial charge in [0.2, 0.25) is 0 Å². The molecule has 1 amide bonds. The van der Waals surface area contributed by atoms with Gasteiger partial charge in [-0.25, -0.2) is 4.79 Å². The van der Waals surface area contributed by atoms with Crippen molar-refractivity contribution in [1.82, 2.24) is 10.2 Å². The maximum Gasteiger partial charge on any atom is 0.410 e. The molecule has 2 aliphatic rings. The van der Waals surface area contributed by atoms with Gasteiger partial charge in [-0.3, -0.25) is 0 Å². The van der Waals surface area contributed by atoms with Crippen molar-refractivity contribution in [3.05, 3.63) is 0 Å². The van der Waals surface area contributed by atoms with E-state index in [0.717, 1.165) is 32.2 Å². The molecular weight excluding hydrogens is 244 g/mol. The monoisotopic (exact) mass is 270 g/mol. The fourth-order valence-electron chi connectivity index (χ4n) is 3.01. The first-order chi connectivity index (χ1) is 8.80. The van der Waals surface area contributed by atoms with Crippen LogP contribution in [0, 0.1) is 0 Å². The zero-order chi connectivity index (χ0) is 14.1. The van der Waals surface area contributed by atoms with Crippen LogP contribution in [0.2, 0.25) is 0 Å². The Morgan fingerprint density at radius 3 is 2.68 bits per heavy atom. The molecule has 2 unspecified atom stereocenters. The lowest BCUT2D eigenvalue weighted by Crippen LogP contribution is -2.42. The third-order valence-electron chi connectivity index (χ3n) is 3.93. The second-order valence-corrected chi connectivity index (χ2v) is 6.84. The maximum atomic E-state index is 12.1. The highest BCUT2D eigenvalue weighted by Gasteiger charge is 2.40. The highest BCUT2D eigenvalue weighted by atomic mass is 16.6. The average Bonchev–Trinajstić information content (AvgIpc) is 2.52. The third-order valence-corrected chi connectivity index (χ3v) is 3.93. The minimum atomic E-state index is -0.442. The van der Waals surface area contributed by atoms with Crippen molar-refractivity contribution in [2.45, 2.75) is 63.7 Å². The summed E-state index contributed by atoms with van der Waals surface area (Å²) in [5.74, 6) is 0. The van der Waals surface area contributed by atoms with Gasteiger partial charge in [-0.05, 0) is 46.5 Å². The molecule has 2 atom stereocenters. The molecular formula is C14H26N2O3. The van der Waals surface area contributed by atoms with E-state index in [2.05, 4.69) is 5.32 Å². The first kappa shape index (κ1) is 14.6. The fraction of sp³-hybridized carbons (Fsp3) is 0.929. The van der Waals surface area contributed by atoms with Crippen molar-refractivity contribution >= 4 is 6.09 Å². The Morgan fingerprint density at radius 2 is 2.11 bits per heavy atom. The molecule has 0 aromatic carbocycles. The summed E-state index contributed by atoms with van der Waals surface area (Å²) < 4.78 is 5.42. The average molecular weight is 270 g/mol.